The molecule has 3 aromatic carbocycles. The highest BCUT2D eigenvalue weighted by molar-refractivity contribution is 6.39. The molecule has 0 radical (unpaired) electrons. The zero-order valence-corrected chi connectivity index (χ0v) is 22.0. The Morgan fingerprint density at radius 1 is 0.590 bits per heavy atom. The molecule has 6 rings (SSSR count). The fraction of sp³-hybridized carbons (Fsp3) is 0.273. The Bertz CT molecular complexity index is 1500. The standard InChI is InChI=1S/C33H30N2O4/c1-2-3-4-5-6-9-20-34-30(36)24-16-18-26-29-27(19-17-25(28(24)29)31(34)37)33(39)35(32(26)38)23-14-12-22(13-15-23)21-10-7-8-11-21/h7-8,10-19,21H,2-6,9,20H2,1H3. The van der Waals surface area contributed by atoms with E-state index in [2.05, 4.69) is 19.1 Å². The number of amides is 4. The summed E-state index contributed by atoms with van der Waals surface area (Å²) in [5, 5.41) is 0.811. The van der Waals surface area contributed by atoms with Gasteiger partial charge in [0.25, 0.3) is 23.6 Å². The molecule has 0 saturated heterocycles. The van der Waals surface area contributed by atoms with E-state index in [1.807, 2.05) is 24.3 Å². The average Bonchev–Trinajstić information content (AvgIpc) is 3.49. The normalized spacial score (nSPS) is 16.3. The van der Waals surface area contributed by atoms with E-state index in [-0.39, 0.29) is 17.7 Å². The summed E-state index contributed by atoms with van der Waals surface area (Å²) in [4.78, 5) is 56.6. The zero-order chi connectivity index (χ0) is 27.1. The number of carbonyl (C=O) groups excluding carboxylic acids is 4. The van der Waals surface area contributed by atoms with Crippen molar-refractivity contribution in [3.8, 4) is 0 Å². The summed E-state index contributed by atoms with van der Waals surface area (Å²) >= 11 is 0. The van der Waals surface area contributed by atoms with Crippen LogP contribution in [0.3, 0.4) is 0 Å². The molecule has 3 aliphatic rings. The van der Waals surface area contributed by atoms with Gasteiger partial charge in [-0.2, -0.15) is 0 Å². The van der Waals surface area contributed by atoms with E-state index in [1.165, 1.54) is 22.6 Å². The predicted octanol–water partition coefficient (Wildman–Crippen LogP) is 6.81. The molecule has 0 atom stereocenters. The maximum Gasteiger partial charge on any atom is 0.265 e. The molecule has 196 valence electrons. The van der Waals surface area contributed by atoms with Crippen LogP contribution in [0.25, 0.3) is 10.8 Å². The van der Waals surface area contributed by atoms with Gasteiger partial charge in [-0.15, -0.1) is 0 Å². The highest BCUT2D eigenvalue weighted by Gasteiger charge is 2.40. The van der Waals surface area contributed by atoms with Gasteiger partial charge in [-0.25, -0.2) is 4.90 Å². The highest BCUT2D eigenvalue weighted by Crippen LogP contribution is 2.39. The van der Waals surface area contributed by atoms with E-state index < -0.39 is 11.8 Å². The van der Waals surface area contributed by atoms with Crippen LogP contribution in [0, 0.1) is 0 Å². The third kappa shape index (κ3) is 4.11. The van der Waals surface area contributed by atoms with Gasteiger partial charge in [-0.3, -0.25) is 24.1 Å². The number of unbranched alkanes of at least 4 members (excludes halogenated alkanes) is 5. The molecule has 0 saturated carbocycles. The van der Waals surface area contributed by atoms with Crippen LogP contribution < -0.4 is 4.90 Å². The lowest BCUT2D eigenvalue weighted by atomic mass is 9.85. The van der Waals surface area contributed by atoms with Crippen LogP contribution in [0.1, 0.15) is 98.4 Å². The SMILES string of the molecule is CCCCCCCCN1C(=O)c2ccc3c4c(ccc(c24)C1=O)C(=O)N(c1ccc(C2C=CC=C2)cc1)C3=O. The largest absolute Gasteiger partial charge is 0.274 e. The molecule has 1 aliphatic carbocycles. The molecule has 2 aliphatic heterocycles. The van der Waals surface area contributed by atoms with Gasteiger partial charge in [0.1, 0.15) is 0 Å². The number of hydrogen-bond acceptors (Lipinski definition) is 4. The first-order valence-electron chi connectivity index (χ1n) is 13.8. The van der Waals surface area contributed by atoms with Crippen LogP contribution in [-0.2, 0) is 0 Å². The van der Waals surface area contributed by atoms with Gasteiger partial charge in [-0.05, 0) is 48.4 Å². The number of rotatable bonds is 9. The molecule has 0 N–H and O–H groups in total. The van der Waals surface area contributed by atoms with Gasteiger partial charge in [0.15, 0.2) is 0 Å². The average molecular weight is 519 g/mol. The fourth-order valence-electron chi connectivity index (χ4n) is 5.91. The predicted molar refractivity (Wildman–Crippen MR) is 151 cm³/mol. The minimum absolute atomic E-state index is 0.180. The molecule has 6 heteroatoms. The van der Waals surface area contributed by atoms with Crippen molar-refractivity contribution in [1.82, 2.24) is 4.90 Å². The van der Waals surface area contributed by atoms with Gasteiger partial charge in [0, 0.05) is 45.5 Å². The first kappa shape index (κ1) is 25.0. The Morgan fingerprint density at radius 2 is 1.08 bits per heavy atom. The second-order valence-corrected chi connectivity index (χ2v) is 10.4. The van der Waals surface area contributed by atoms with Crippen LogP contribution in [0.15, 0.2) is 72.8 Å². The van der Waals surface area contributed by atoms with E-state index in [4.69, 9.17) is 0 Å². The Hall–Kier alpha value is -4.32. The van der Waals surface area contributed by atoms with E-state index >= 15 is 0 Å². The second-order valence-electron chi connectivity index (χ2n) is 10.4. The van der Waals surface area contributed by atoms with Crippen LogP contribution in [0.2, 0.25) is 0 Å². The number of imide groups is 2. The molecule has 39 heavy (non-hydrogen) atoms. The quantitative estimate of drug-likeness (QED) is 0.230. The Balaban J connectivity index is 1.31. The van der Waals surface area contributed by atoms with Crippen LogP contribution >= 0.6 is 0 Å². The lowest BCUT2D eigenvalue weighted by Gasteiger charge is -2.32. The fourth-order valence-corrected chi connectivity index (χ4v) is 5.91. The molecular weight excluding hydrogens is 488 g/mol. The number of carbonyl (C=O) groups is 4. The minimum atomic E-state index is -0.459. The van der Waals surface area contributed by atoms with E-state index in [9.17, 15) is 19.2 Å². The van der Waals surface area contributed by atoms with Crippen molar-refractivity contribution in [2.75, 3.05) is 11.4 Å². The number of allylic oxidation sites excluding steroid dienone is 4. The van der Waals surface area contributed by atoms with Crippen LogP contribution in [-0.4, -0.2) is 35.1 Å². The zero-order valence-electron chi connectivity index (χ0n) is 22.0. The maximum absolute atomic E-state index is 13.7. The summed E-state index contributed by atoms with van der Waals surface area (Å²) in [5.74, 6) is -1.47. The lowest BCUT2D eigenvalue weighted by Crippen LogP contribution is -2.43. The van der Waals surface area contributed by atoms with Gasteiger partial charge < -0.3 is 0 Å². The third-order valence-electron chi connectivity index (χ3n) is 8.00. The van der Waals surface area contributed by atoms with Crippen molar-refractivity contribution in [3.05, 3.63) is 101 Å². The minimum Gasteiger partial charge on any atom is -0.274 e. The van der Waals surface area contributed by atoms with Gasteiger partial charge >= 0.3 is 0 Å². The first-order chi connectivity index (χ1) is 19.0. The van der Waals surface area contributed by atoms with Crippen LogP contribution in [0.5, 0.6) is 0 Å². The highest BCUT2D eigenvalue weighted by atomic mass is 16.2. The summed E-state index contributed by atoms with van der Waals surface area (Å²) in [5.41, 5.74) is 2.93. The van der Waals surface area contributed by atoms with Crippen molar-refractivity contribution in [2.24, 2.45) is 0 Å². The molecular formula is C33H30N2O4. The van der Waals surface area contributed by atoms with E-state index in [0.717, 1.165) is 31.2 Å². The third-order valence-corrected chi connectivity index (χ3v) is 8.00. The molecule has 0 fully saturated rings. The summed E-state index contributed by atoms with van der Waals surface area (Å²) in [6, 6.07) is 13.9. The van der Waals surface area contributed by atoms with Crippen molar-refractivity contribution >= 4 is 40.1 Å². The van der Waals surface area contributed by atoms with E-state index in [1.54, 1.807) is 36.4 Å². The second kappa shape index (κ2) is 10.1. The summed E-state index contributed by atoms with van der Waals surface area (Å²) < 4.78 is 0. The smallest absolute Gasteiger partial charge is 0.265 e. The molecule has 0 spiro atoms. The Labute approximate surface area is 227 Å². The number of anilines is 1. The summed E-state index contributed by atoms with van der Waals surface area (Å²) in [6.07, 6.45) is 14.5. The van der Waals surface area contributed by atoms with Crippen molar-refractivity contribution in [1.29, 1.82) is 0 Å². The molecule has 4 amide bonds. The number of benzene rings is 3. The first-order valence-corrected chi connectivity index (χ1v) is 13.8. The number of nitrogens with zero attached hydrogens (tertiary/aromatic N) is 2. The molecule has 6 nitrogen and oxygen atoms in total. The monoisotopic (exact) mass is 518 g/mol. The molecule has 0 bridgehead atoms. The molecule has 0 aromatic heterocycles. The van der Waals surface area contributed by atoms with Gasteiger partial charge in [-0.1, -0.05) is 75.5 Å². The Kier molecular flexibility index (Phi) is 6.47. The topological polar surface area (TPSA) is 74.8 Å². The molecule has 2 heterocycles. The van der Waals surface area contributed by atoms with Crippen LogP contribution in [0.4, 0.5) is 5.69 Å². The van der Waals surface area contributed by atoms with Crippen molar-refractivity contribution in [3.63, 3.8) is 0 Å². The Morgan fingerprint density at radius 3 is 1.62 bits per heavy atom. The van der Waals surface area contributed by atoms with Crippen molar-refractivity contribution in [2.45, 2.75) is 51.4 Å². The van der Waals surface area contributed by atoms with Gasteiger partial charge in [0.05, 0.1) is 5.69 Å². The van der Waals surface area contributed by atoms with Crippen molar-refractivity contribution < 1.29 is 19.2 Å². The molecule has 3 aromatic rings. The van der Waals surface area contributed by atoms with E-state index in [0.29, 0.717) is 45.3 Å². The molecule has 0 unspecified atom stereocenters. The lowest BCUT2D eigenvalue weighted by molar-refractivity contribution is 0.0606. The summed E-state index contributed by atoms with van der Waals surface area (Å²) in [7, 11) is 0. The van der Waals surface area contributed by atoms with Gasteiger partial charge in [0.2, 0.25) is 0 Å². The maximum atomic E-state index is 13.7. The number of hydrogen-bond donors (Lipinski definition) is 0. The summed E-state index contributed by atoms with van der Waals surface area (Å²) in [6.45, 7) is 2.53.